The van der Waals surface area contributed by atoms with Gasteiger partial charge in [-0.25, -0.2) is 13.4 Å². The van der Waals surface area contributed by atoms with Crippen LogP contribution < -0.4 is 9.46 Å². The predicted molar refractivity (Wildman–Crippen MR) is 123 cm³/mol. The fraction of sp³-hybridized carbons (Fsp3) is 0.0500. The summed E-state index contributed by atoms with van der Waals surface area (Å²) in [7, 11) is -4.33. The Kier molecular flexibility index (Phi) is 6.41. The van der Waals surface area contributed by atoms with E-state index in [2.05, 4.69) is 9.71 Å². The summed E-state index contributed by atoms with van der Waals surface area (Å²) in [6.07, 6.45) is -4.66. The molecule has 0 saturated carbocycles. The maximum absolute atomic E-state index is 12.8. The first kappa shape index (κ1) is 23.9. The molecule has 1 N–H and O–H groups in total. The van der Waals surface area contributed by atoms with Gasteiger partial charge in [-0.1, -0.05) is 52.2 Å². The zero-order valence-corrected chi connectivity index (χ0v) is 19.9. The van der Waals surface area contributed by atoms with Crippen molar-refractivity contribution in [2.24, 2.45) is 0 Å². The Morgan fingerprint density at radius 2 is 1.73 bits per heavy atom. The minimum atomic E-state index is -4.66. The van der Waals surface area contributed by atoms with Crippen molar-refractivity contribution in [3.8, 4) is 10.9 Å². The van der Waals surface area contributed by atoms with Crippen LogP contribution in [0.5, 0.6) is 10.9 Å². The quantitative estimate of drug-likeness (QED) is 0.273. The molecule has 1 aromatic heterocycles. The first-order chi connectivity index (χ1) is 15.4. The Labute approximate surface area is 204 Å². The third-order valence-electron chi connectivity index (χ3n) is 4.23. The number of thiazole rings is 1. The number of alkyl halides is 3. The van der Waals surface area contributed by atoms with Crippen LogP contribution in [0.1, 0.15) is 5.56 Å². The van der Waals surface area contributed by atoms with Crippen molar-refractivity contribution in [3.63, 3.8) is 0 Å². The molecule has 0 radical (unpaired) electrons. The lowest BCUT2D eigenvalue weighted by Gasteiger charge is -2.13. The van der Waals surface area contributed by atoms with Gasteiger partial charge in [0.1, 0.15) is 16.2 Å². The maximum atomic E-state index is 12.8. The summed E-state index contributed by atoms with van der Waals surface area (Å²) < 4.78 is 72.7. The van der Waals surface area contributed by atoms with Gasteiger partial charge in [0.2, 0.25) is 0 Å². The molecule has 0 atom stereocenters. The van der Waals surface area contributed by atoms with Crippen molar-refractivity contribution in [1.29, 1.82) is 0 Å². The molecule has 4 aromatic rings. The van der Waals surface area contributed by atoms with E-state index in [1.165, 1.54) is 29.5 Å². The second kappa shape index (κ2) is 8.84. The van der Waals surface area contributed by atoms with Crippen LogP contribution in [0.2, 0.25) is 15.1 Å². The Balaban J connectivity index is 1.61. The first-order valence-corrected chi connectivity index (χ1v) is 12.3. The van der Waals surface area contributed by atoms with E-state index in [-0.39, 0.29) is 21.7 Å². The highest BCUT2D eigenvalue weighted by Gasteiger charge is 2.32. The zero-order chi connectivity index (χ0) is 24.0. The molecule has 0 spiro atoms. The largest absolute Gasteiger partial charge is 0.431 e. The Morgan fingerprint density at radius 3 is 2.39 bits per heavy atom. The van der Waals surface area contributed by atoms with Crippen LogP contribution in [-0.2, 0) is 16.2 Å². The summed E-state index contributed by atoms with van der Waals surface area (Å²) in [4.78, 5) is 3.77. The fourth-order valence-corrected chi connectivity index (χ4v) is 5.77. The topological polar surface area (TPSA) is 68.3 Å². The van der Waals surface area contributed by atoms with Crippen LogP contribution in [0.4, 0.5) is 18.9 Å². The molecule has 172 valence electrons. The summed E-state index contributed by atoms with van der Waals surface area (Å²) in [6.45, 7) is 0. The molecular weight excluding hydrogens is 544 g/mol. The summed E-state index contributed by atoms with van der Waals surface area (Å²) in [6, 6.07) is 11.3. The lowest BCUT2D eigenvalue weighted by atomic mass is 10.2. The molecule has 4 rings (SSSR count). The molecule has 0 saturated heterocycles. The molecule has 3 aromatic carbocycles. The number of hydrogen-bond donors (Lipinski definition) is 1. The third kappa shape index (κ3) is 5.30. The van der Waals surface area contributed by atoms with Gasteiger partial charge in [0.05, 0.1) is 26.0 Å². The van der Waals surface area contributed by atoms with Crippen molar-refractivity contribution in [3.05, 3.63) is 75.2 Å². The van der Waals surface area contributed by atoms with Crippen molar-refractivity contribution in [2.75, 3.05) is 4.72 Å². The summed E-state index contributed by atoms with van der Waals surface area (Å²) in [5.74, 6) is 0.175. The summed E-state index contributed by atoms with van der Waals surface area (Å²) >= 11 is 19.3. The number of aromatic nitrogens is 1. The number of fused-ring (bicyclic) bond motifs is 1. The van der Waals surface area contributed by atoms with Gasteiger partial charge in [-0.05, 0) is 42.5 Å². The minimum absolute atomic E-state index is 0.00704. The smallest absolute Gasteiger partial charge is 0.416 e. The van der Waals surface area contributed by atoms with Gasteiger partial charge in [-0.2, -0.15) is 13.2 Å². The number of hydrogen-bond acceptors (Lipinski definition) is 5. The predicted octanol–water partition coefficient (Wildman–Crippen LogP) is 7.87. The molecule has 33 heavy (non-hydrogen) atoms. The number of sulfonamides is 1. The van der Waals surface area contributed by atoms with Gasteiger partial charge < -0.3 is 4.74 Å². The van der Waals surface area contributed by atoms with Crippen LogP contribution in [0.3, 0.4) is 0 Å². The molecule has 0 bridgehead atoms. The van der Waals surface area contributed by atoms with E-state index in [0.29, 0.717) is 22.7 Å². The number of ether oxygens (including phenoxy) is 1. The van der Waals surface area contributed by atoms with E-state index in [0.717, 1.165) is 10.8 Å². The molecular formula is C20H10Cl3F3N2O3S2. The number of rotatable bonds is 5. The molecule has 0 aliphatic carbocycles. The first-order valence-electron chi connectivity index (χ1n) is 8.85. The van der Waals surface area contributed by atoms with E-state index in [1.54, 1.807) is 12.1 Å². The van der Waals surface area contributed by atoms with E-state index in [9.17, 15) is 21.6 Å². The van der Waals surface area contributed by atoms with Crippen LogP contribution in [0.15, 0.2) is 59.5 Å². The van der Waals surface area contributed by atoms with Gasteiger partial charge in [-0.3, -0.25) is 4.72 Å². The second-order valence-corrected chi connectivity index (χ2v) is 10.5. The van der Waals surface area contributed by atoms with Crippen molar-refractivity contribution in [1.82, 2.24) is 4.98 Å². The second-order valence-electron chi connectivity index (χ2n) is 6.59. The number of halogens is 6. The lowest BCUT2D eigenvalue weighted by molar-refractivity contribution is -0.137. The van der Waals surface area contributed by atoms with Crippen molar-refractivity contribution >= 4 is 72.1 Å². The normalized spacial score (nSPS) is 12.2. The van der Waals surface area contributed by atoms with E-state index in [1.807, 2.05) is 6.07 Å². The summed E-state index contributed by atoms with van der Waals surface area (Å²) in [5, 5.41) is 0.261. The molecule has 0 amide bonds. The van der Waals surface area contributed by atoms with E-state index >= 15 is 0 Å². The highest BCUT2D eigenvalue weighted by atomic mass is 35.5. The highest BCUT2D eigenvalue weighted by molar-refractivity contribution is 7.92. The number of anilines is 1. The third-order valence-corrected chi connectivity index (χ3v) is 7.51. The van der Waals surface area contributed by atoms with Crippen molar-refractivity contribution in [2.45, 2.75) is 11.1 Å². The highest BCUT2D eigenvalue weighted by Crippen LogP contribution is 2.37. The van der Waals surface area contributed by atoms with Crippen LogP contribution in [0.25, 0.3) is 10.2 Å². The Bertz CT molecular complexity index is 1470. The van der Waals surface area contributed by atoms with Gasteiger partial charge in [-0.15, -0.1) is 0 Å². The molecule has 13 heteroatoms. The molecule has 0 aliphatic heterocycles. The number of nitrogens with zero attached hydrogens (tertiary/aromatic N) is 1. The average molecular weight is 554 g/mol. The van der Waals surface area contributed by atoms with Crippen LogP contribution >= 0.6 is 46.1 Å². The minimum Gasteiger partial charge on any atom is -0.431 e. The van der Waals surface area contributed by atoms with Gasteiger partial charge in [0, 0.05) is 11.1 Å². The Morgan fingerprint density at radius 1 is 0.970 bits per heavy atom. The van der Waals surface area contributed by atoms with Crippen LogP contribution in [0, 0.1) is 0 Å². The van der Waals surface area contributed by atoms with Crippen LogP contribution in [-0.4, -0.2) is 13.4 Å². The molecule has 5 nitrogen and oxygen atoms in total. The fourth-order valence-electron chi connectivity index (χ4n) is 2.82. The molecule has 0 aliphatic rings. The SMILES string of the molecule is O=S(=O)(Nc1cc(Cl)cc(Oc2nc3c(Cl)cccc3s2)c1)c1ccc(C(F)(F)F)cc1Cl. The molecule has 1 heterocycles. The standard InChI is InChI=1S/C20H10Cl3F3N2O3S2/c21-11-7-12(28-33(29,30)17-5-4-10(6-15(17)23)20(24,25)26)9-13(8-11)31-19-27-18-14(22)2-1-3-16(18)32-19/h1-9,28H. The Hall–Kier alpha value is -2.24. The average Bonchev–Trinajstić information content (AvgIpc) is 3.10. The van der Waals surface area contributed by atoms with Crippen molar-refractivity contribution < 1.29 is 26.3 Å². The lowest BCUT2D eigenvalue weighted by Crippen LogP contribution is -2.14. The number of benzene rings is 3. The van der Waals surface area contributed by atoms with Gasteiger partial charge >= 0.3 is 6.18 Å². The zero-order valence-electron chi connectivity index (χ0n) is 16.0. The number of para-hydroxylation sites is 1. The monoisotopic (exact) mass is 552 g/mol. The number of nitrogens with one attached hydrogen (secondary N) is 1. The van der Waals surface area contributed by atoms with E-state index in [4.69, 9.17) is 39.5 Å². The molecule has 0 unspecified atom stereocenters. The summed E-state index contributed by atoms with van der Waals surface area (Å²) in [5.41, 5.74) is -0.507. The van der Waals surface area contributed by atoms with Gasteiger partial charge in [0.15, 0.2) is 0 Å². The van der Waals surface area contributed by atoms with Gasteiger partial charge in [0.25, 0.3) is 15.2 Å². The van der Waals surface area contributed by atoms with E-state index < -0.39 is 31.7 Å². The molecule has 0 fully saturated rings. The maximum Gasteiger partial charge on any atom is 0.416 e.